The van der Waals surface area contributed by atoms with Gasteiger partial charge in [0, 0.05) is 31.1 Å². The summed E-state index contributed by atoms with van der Waals surface area (Å²) in [6, 6.07) is 15.6. The zero-order valence-electron chi connectivity index (χ0n) is 17.3. The number of carbonyl (C=O) groups excluding carboxylic acids is 1. The predicted octanol–water partition coefficient (Wildman–Crippen LogP) is 2.55. The number of rotatable bonds is 5. The van der Waals surface area contributed by atoms with Crippen LogP contribution in [-0.4, -0.2) is 57.4 Å². The van der Waals surface area contributed by atoms with Crippen molar-refractivity contribution in [3.8, 4) is 5.75 Å². The molecule has 2 aromatic heterocycles. The number of aromatic amines is 1. The van der Waals surface area contributed by atoms with E-state index in [9.17, 15) is 4.79 Å². The van der Waals surface area contributed by atoms with E-state index in [1.165, 1.54) is 0 Å². The molecule has 1 aliphatic heterocycles. The van der Waals surface area contributed by atoms with E-state index in [4.69, 9.17) is 10.5 Å². The van der Waals surface area contributed by atoms with Gasteiger partial charge in [0.2, 0.25) is 5.91 Å². The van der Waals surface area contributed by atoms with Crippen molar-refractivity contribution in [1.82, 2.24) is 24.8 Å². The molecule has 3 N–H and O–H groups in total. The van der Waals surface area contributed by atoms with Crippen LogP contribution in [0, 0.1) is 0 Å². The van der Waals surface area contributed by atoms with Crippen molar-refractivity contribution in [1.29, 1.82) is 0 Å². The molecule has 1 amide bonds. The van der Waals surface area contributed by atoms with E-state index in [1.54, 1.807) is 13.2 Å². The summed E-state index contributed by atoms with van der Waals surface area (Å²) in [5.74, 6) is 2.28. The number of hydrogen-bond donors (Lipinski definition) is 2. The summed E-state index contributed by atoms with van der Waals surface area (Å²) >= 11 is 0. The van der Waals surface area contributed by atoms with Crippen LogP contribution in [0.1, 0.15) is 11.4 Å². The van der Waals surface area contributed by atoms with Crippen LogP contribution in [0.2, 0.25) is 0 Å². The van der Waals surface area contributed by atoms with E-state index >= 15 is 0 Å². The summed E-state index contributed by atoms with van der Waals surface area (Å²) < 4.78 is 5.27. The molecule has 3 heterocycles. The van der Waals surface area contributed by atoms with Gasteiger partial charge in [-0.05, 0) is 42.0 Å². The van der Waals surface area contributed by atoms with Gasteiger partial charge in [-0.25, -0.2) is 9.97 Å². The first-order valence-electron chi connectivity index (χ1n) is 10.3. The Bertz CT molecular complexity index is 1270. The van der Waals surface area contributed by atoms with Crippen LogP contribution in [0.4, 0.5) is 5.82 Å². The molecule has 1 aliphatic rings. The highest BCUT2D eigenvalue weighted by atomic mass is 16.5. The van der Waals surface area contributed by atoms with Crippen LogP contribution < -0.4 is 10.5 Å². The average Bonchev–Trinajstić information content (AvgIpc) is 3.17. The van der Waals surface area contributed by atoms with Gasteiger partial charge in [0.05, 0.1) is 36.7 Å². The van der Waals surface area contributed by atoms with Gasteiger partial charge in [-0.3, -0.25) is 9.69 Å². The Morgan fingerprint density at radius 1 is 1.03 bits per heavy atom. The topological polar surface area (TPSA) is 100 Å². The molecule has 0 bridgehead atoms. The largest absolute Gasteiger partial charge is 0.497 e. The number of anilines is 1. The number of ether oxygens (including phenoxy) is 1. The maximum atomic E-state index is 12.8. The van der Waals surface area contributed by atoms with E-state index in [2.05, 4.69) is 25.9 Å². The fraction of sp³-hybridized carbons (Fsp3) is 0.261. The van der Waals surface area contributed by atoms with Crippen LogP contribution in [0.5, 0.6) is 5.75 Å². The van der Waals surface area contributed by atoms with Crippen molar-refractivity contribution in [3.05, 3.63) is 59.9 Å². The number of fused-ring (bicyclic) bond motifs is 2. The molecule has 158 valence electrons. The van der Waals surface area contributed by atoms with Gasteiger partial charge in [-0.1, -0.05) is 6.07 Å². The maximum Gasteiger partial charge on any atom is 0.237 e. The minimum Gasteiger partial charge on any atom is -0.497 e. The molecule has 5 rings (SSSR count). The number of amides is 1. The number of piperazine rings is 1. The molecular formula is C23H24N6O2. The van der Waals surface area contributed by atoms with Crippen LogP contribution >= 0.6 is 0 Å². The highest BCUT2D eigenvalue weighted by Gasteiger charge is 2.24. The summed E-state index contributed by atoms with van der Waals surface area (Å²) in [5.41, 5.74) is 9.54. The second-order valence-electron chi connectivity index (χ2n) is 7.86. The molecule has 0 unspecified atom stereocenters. The first-order chi connectivity index (χ1) is 15.1. The minimum absolute atomic E-state index is 0.125. The number of imidazole rings is 1. The molecule has 0 radical (unpaired) electrons. The Morgan fingerprint density at radius 3 is 2.74 bits per heavy atom. The molecule has 8 nitrogen and oxygen atoms in total. The lowest BCUT2D eigenvalue weighted by Crippen LogP contribution is -2.49. The summed E-state index contributed by atoms with van der Waals surface area (Å²) in [4.78, 5) is 29.1. The Hall–Kier alpha value is -3.65. The lowest BCUT2D eigenvalue weighted by atomic mass is 10.1. The zero-order chi connectivity index (χ0) is 21.4. The Balaban J connectivity index is 1.23. The second-order valence-corrected chi connectivity index (χ2v) is 7.86. The fourth-order valence-electron chi connectivity index (χ4n) is 4.02. The molecule has 4 aromatic rings. The van der Waals surface area contributed by atoms with Gasteiger partial charge in [0.1, 0.15) is 17.4 Å². The number of nitrogens with two attached hydrogens (primary N) is 1. The van der Waals surface area contributed by atoms with E-state index < -0.39 is 0 Å². The zero-order valence-corrected chi connectivity index (χ0v) is 17.3. The van der Waals surface area contributed by atoms with Crippen LogP contribution in [0.3, 0.4) is 0 Å². The molecule has 31 heavy (non-hydrogen) atoms. The number of methoxy groups -OCH3 is 1. The lowest BCUT2D eigenvalue weighted by molar-refractivity contribution is -0.136. The van der Waals surface area contributed by atoms with Crippen molar-refractivity contribution in [3.63, 3.8) is 0 Å². The molecular weight excluding hydrogens is 392 g/mol. The number of pyridine rings is 1. The number of nitrogen functional groups attached to an aromatic ring is 1. The average molecular weight is 416 g/mol. The SMILES string of the molecule is COc1ccc2nc(CN3CCN(Cc4ccc5nc(N)ccc5c4)C(=O)C3)[nH]c2c1. The van der Waals surface area contributed by atoms with Gasteiger partial charge < -0.3 is 20.4 Å². The summed E-state index contributed by atoms with van der Waals surface area (Å²) in [6.45, 7) is 3.08. The molecule has 0 saturated carbocycles. The summed E-state index contributed by atoms with van der Waals surface area (Å²) in [7, 11) is 1.65. The number of H-pyrrole nitrogens is 1. The van der Waals surface area contributed by atoms with Gasteiger partial charge in [0.15, 0.2) is 0 Å². The van der Waals surface area contributed by atoms with Gasteiger partial charge in [0.25, 0.3) is 0 Å². The van der Waals surface area contributed by atoms with Gasteiger partial charge in [-0.2, -0.15) is 0 Å². The lowest BCUT2D eigenvalue weighted by Gasteiger charge is -2.34. The van der Waals surface area contributed by atoms with Crippen molar-refractivity contribution >= 4 is 33.7 Å². The number of carbonyl (C=O) groups is 1. The van der Waals surface area contributed by atoms with Crippen molar-refractivity contribution in [2.24, 2.45) is 0 Å². The molecule has 0 spiro atoms. The van der Waals surface area contributed by atoms with E-state index in [0.29, 0.717) is 32.0 Å². The van der Waals surface area contributed by atoms with Crippen molar-refractivity contribution in [2.45, 2.75) is 13.1 Å². The highest BCUT2D eigenvalue weighted by molar-refractivity contribution is 5.82. The minimum atomic E-state index is 0.125. The van der Waals surface area contributed by atoms with E-state index in [1.807, 2.05) is 41.3 Å². The third-order valence-corrected chi connectivity index (χ3v) is 5.66. The quantitative estimate of drug-likeness (QED) is 0.519. The van der Waals surface area contributed by atoms with Crippen molar-refractivity contribution in [2.75, 3.05) is 32.5 Å². The highest BCUT2D eigenvalue weighted by Crippen LogP contribution is 2.21. The Morgan fingerprint density at radius 2 is 1.90 bits per heavy atom. The number of benzene rings is 2. The second kappa shape index (κ2) is 7.88. The normalized spacial score (nSPS) is 15.1. The number of aromatic nitrogens is 3. The first-order valence-corrected chi connectivity index (χ1v) is 10.3. The molecule has 2 aromatic carbocycles. The van der Waals surface area contributed by atoms with Crippen molar-refractivity contribution < 1.29 is 9.53 Å². The fourth-order valence-corrected chi connectivity index (χ4v) is 4.02. The molecule has 0 atom stereocenters. The number of nitrogens with zero attached hydrogens (tertiary/aromatic N) is 4. The summed E-state index contributed by atoms with van der Waals surface area (Å²) in [6.07, 6.45) is 0. The summed E-state index contributed by atoms with van der Waals surface area (Å²) in [5, 5.41) is 1.03. The smallest absolute Gasteiger partial charge is 0.237 e. The Labute approximate surface area is 179 Å². The van der Waals surface area contributed by atoms with Crippen LogP contribution in [0.15, 0.2) is 48.5 Å². The maximum absolute atomic E-state index is 12.8. The molecule has 0 aliphatic carbocycles. The van der Waals surface area contributed by atoms with Gasteiger partial charge in [-0.15, -0.1) is 0 Å². The van der Waals surface area contributed by atoms with Crippen LogP contribution in [0.25, 0.3) is 21.9 Å². The molecule has 1 fully saturated rings. The third kappa shape index (κ3) is 4.02. The van der Waals surface area contributed by atoms with Crippen LogP contribution in [-0.2, 0) is 17.9 Å². The standard InChI is InChI=1S/C23H24N6O2/c1-31-17-4-6-19-20(11-17)27-22(26-19)13-28-8-9-29(23(30)14-28)12-15-2-5-18-16(10-15)3-7-21(24)25-18/h2-7,10-11H,8-9,12-14H2,1H3,(H2,24,25)(H,26,27). The Kier molecular flexibility index (Phi) is 4.91. The number of hydrogen-bond acceptors (Lipinski definition) is 6. The number of nitrogens with one attached hydrogen (secondary N) is 1. The molecule has 1 saturated heterocycles. The van der Waals surface area contributed by atoms with Gasteiger partial charge >= 0.3 is 0 Å². The monoisotopic (exact) mass is 416 g/mol. The molecule has 8 heteroatoms. The van der Waals surface area contributed by atoms with E-state index in [0.717, 1.165) is 45.6 Å². The van der Waals surface area contributed by atoms with E-state index in [-0.39, 0.29) is 5.91 Å². The predicted molar refractivity (Wildman–Crippen MR) is 119 cm³/mol. The first kappa shape index (κ1) is 19.3. The third-order valence-electron chi connectivity index (χ3n) is 5.66.